The second-order valence-corrected chi connectivity index (χ2v) is 7.06. The van der Waals surface area contributed by atoms with Crippen molar-refractivity contribution in [3.8, 4) is 0 Å². The Morgan fingerprint density at radius 1 is 1.27 bits per heavy atom. The van der Waals surface area contributed by atoms with Crippen molar-refractivity contribution in [1.82, 2.24) is 19.9 Å². The minimum absolute atomic E-state index is 0.0900. The predicted molar refractivity (Wildman–Crippen MR) is 99.3 cm³/mol. The number of aryl methyl sites for hydroxylation is 1. The van der Waals surface area contributed by atoms with Crippen molar-refractivity contribution in [2.75, 3.05) is 26.2 Å². The summed E-state index contributed by atoms with van der Waals surface area (Å²) in [6, 6.07) is 7.64. The van der Waals surface area contributed by atoms with Crippen molar-refractivity contribution in [1.29, 1.82) is 0 Å². The van der Waals surface area contributed by atoms with Crippen LogP contribution in [0.2, 0.25) is 0 Å². The van der Waals surface area contributed by atoms with Crippen LogP contribution in [0.25, 0.3) is 0 Å². The Kier molecular flexibility index (Phi) is 6.74. The highest BCUT2D eigenvalue weighted by Crippen LogP contribution is 2.19. The summed E-state index contributed by atoms with van der Waals surface area (Å²) in [5, 5.41) is 4.03. The number of hydrogen-bond acceptors (Lipinski definition) is 5. The Balaban J connectivity index is 1.51. The topological polar surface area (TPSA) is 45.4 Å². The molecule has 0 N–H and O–H groups in total. The van der Waals surface area contributed by atoms with Crippen LogP contribution in [-0.4, -0.2) is 52.2 Å². The maximum atomic E-state index is 13.8. The number of benzene rings is 1. The molecule has 5 nitrogen and oxygen atoms in total. The largest absolute Gasteiger partial charge is 0.340 e. The lowest BCUT2D eigenvalue weighted by molar-refractivity contribution is 0.171. The number of halogens is 1. The molecule has 1 aliphatic heterocycles. The first-order chi connectivity index (χ1) is 12.7. The first-order valence-corrected chi connectivity index (χ1v) is 9.64. The minimum Gasteiger partial charge on any atom is -0.340 e. The molecule has 3 rings (SSSR count). The smallest absolute Gasteiger partial charge is 0.223 e. The second-order valence-electron chi connectivity index (χ2n) is 7.06. The van der Waals surface area contributed by atoms with Gasteiger partial charge in [0.25, 0.3) is 0 Å². The average Bonchev–Trinajstić information content (AvgIpc) is 2.91. The van der Waals surface area contributed by atoms with E-state index in [2.05, 4.69) is 26.9 Å². The fraction of sp³-hybridized carbons (Fsp3) is 0.600. The second kappa shape index (κ2) is 9.24. The van der Waals surface area contributed by atoms with Crippen molar-refractivity contribution in [3.05, 3.63) is 47.4 Å². The molecule has 1 atom stereocenters. The quantitative estimate of drug-likeness (QED) is 0.757. The van der Waals surface area contributed by atoms with Crippen LogP contribution in [0.4, 0.5) is 4.39 Å². The molecule has 1 unspecified atom stereocenters. The highest BCUT2D eigenvalue weighted by Gasteiger charge is 2.23. The van der Waals surface area contributed by atoms with E-state index in [-0.39, 0.29) is 5.82 Å². The number of rotatable bonds is 7. The molecule has 0 amide bonds. The number of aromatic nitrogens is 2. The zero-order valence-electron chi connectivity index (χ0n) is 15.8. The number of nitrogens with zero attached hydrogens (tertiary/aromatic N) is 4. The van der Waals surface area contributed by atoms with Gasteiger partial charge in [0.1, 0.15) is 5.82 Å². The molecule has 0 bridgehead atoms. The van der Waals surface area contributed by atoms with Gasteiger partial charge in [0, 0.05) is 19.5 Å². The van der Waals surface area contributed by atoms with Gasteiger partial charge >= 0.3 is 0 Å². The molecular formula is C20H29FN4O. The van der Waals surface area contributed by atoms with E-state index in [9.17, 15) is 4.39 Å². The van der Waals surface area contributed by atoms with E-state index in [0.29, 0.717) is 11.9 Å². The lowest BCUT2D eigenvalue weighted by atomic mass is 10.1. The van der Waals surface area contributed by atoms with Gasteiger partial charge in [-0.25, -0.2) is 4.39 Å². The molecule has 1 saturated heterocycles. The molecule has 142 valence electrons. The maximum Gasteiger partial charge on any atom is 0.223 e. The van der Waals surface area contributed by atoms with Gasteiger partial charge < -0.3 is 9.42 Å². The summed E-state index contributed by atoms with van der Waals surface area (Å²) in [5.41, 5.74) is 0.816. The van der Waals surface area contributed by atoms with E-state index < -0.39 is 0 Å². The fourth-order valence-corrected chi connectivity index (χ4v) is 3.79. The zero-order chi connectivity index (χ0) is 18.4. The van der Waals surface area contributed by atoms with Gasteiger partial charge in [0.15, 0.2) is 5.82 Å². The van der Waals surface area contributed by atoms with E-state index in [1.165, 1.54) is 12.8 Å². The van der Waals surface area contributed by atoms with E-state index in [0.717, 1.165) is 57.0 Å². The van der Waals surface area contributed by atoms with Gasteiger partial charge in [-0.05, 0) is 56.9 Å². The third kappa shape index (κ3) is 5.11. The van der Waals surface area contributed by atoms with Gasteiger partial charge in [-0.1, -0.05) is 30.3 Å². The molecule has 0 saturated carbocycles. The molecule has 1 aromatic heterocycles. The molecule has 0 aliphatic carbocycles. The first kappa shape index (κ1) is 19.0. The maximum absolute atomic E-state index is 13.8. The molecule has 6 heteroatoms. The SMILES string of the molecule is CCN(Cc1noc(C)n1)C1CCCN(CCc2ccccc2F)CC1. The lowest BCUT2D eigenvalue weighted by Gasteiger charge is -2.29. The molecular weight excluding hydrogens is 331 g/mol. The van der Waals surface area contributed by atoms with Crippen molar-refractivity contribution in [2.24, 2.45) is 0 Å². The summed E-state index contributed by atoms with van der Waals surface area (Å²) in [4.78, 5) is 9.26. The molecule has 0 radical (unpaired) electrons. The highest BCUT2D eigenvalue weighted by atomic mass is 19.1. The van der Waals surface area contributed by atoms with Crippen LogP contribution in [0.1, 0.15) is 43.5 Å². The van der Waals surface area contributed by atoms with Gasteiger partial charge in [-0.3, -0.25) is 4.90 Å². The molecule has 1 aromatic carbocycles. The van der Waals surface area contributed by atoms with Crippen LogP contribution in [0, 0.1) is 12.7 Å². The summed E-state index contributed by atoms with van der Waals surface area (Å²) < 4.78 is 18.9. The van der Waals surface area contributed by atoms with E-state index in [4.69, 9.17) is 4.52 Å². The number of likely N-dealkylation sites (tertiary alicyclic amines) is 1. The van der Waals surface area contributed by atoms with Gasteiger partial charge in [0.05, 0.1) is 6.54 Å². The highest BCUT2D eigenvalue weighted by molar-refractivity contribution is 5.17. The van der Waals surface area contributed by atoms with Crippen LogP contribution >= 0.6 is 0 Å². The Labute approximate surface area is 155 Å². The van der Waals surface area contributed by atoms with Gasteiger partial charge in [0.2, 0.25) is 5.89 Å². The predicted octanol–water partition coefficient (Wildman–Crippen LogP) is 3.44. The molecule has 2 aromatic rings. The molecule has 26 heavy (non-hydrogen) atoms. The van der Waals surface area contributed by atoms with Gasteiger partial charge in [-0.2, -0.15) is 4.98 Å². The summed E-state index contributed by atoms with van der Waals surface area (Å²) >= 11 is 0. The monoisotopic (exact) mass is 360 g/mol. The normalized spacial score (nSPS) is 19.0. The molecule has 1 aliphatic rings. The first-order valence-electron chi connectivity index (χ1n) is 9.64. The summed E-state index contributed by atoms with van der Waals surface area (Å²) in [7, 11) is 0. The van der Waals surface area contributed by atoms with E-state index in [1.807, 2.05) is 19.1 Å². The van der Waals surface area contributed by atoms with Crippen LogP contribution in [0.5, 0.6) is 0 Å². The molecule has 2 heterocycles. The average molecular weight is 360 g/mol. The van der Waals surface area contributed by atoms with Crippen LogP contribution < -0.4 is 0 Å². The summed E-state index contributed by atoms with van der Waals surface area (Å²) in [6.45, 7) is 8.80. The van der Waals surface area contributed by atoms with Crippen LogP contribution in [-0.2, 0) is 13.0 Å². The summed E-state index contributed by atoms with van der Waals surface area (Å²) in [5.74, 6) is 1.30. The Morgan fingerprint density at radius 3 is 2.85 bits per heavy atom. The van der Waals surface area contributed by atoms with Crippen molar-refractivity contribution in [3.63, 3.8) is 0 Å². The minimum atomic E-state index is -0.0900. The van der Waals surface area contributed by atoms with Crippen molar-refractivity contribution >= 4 is 0 Å². The van der Waals surface area contributed by atoms with Crippen LogP contribution in [0.15, 0.2) is 28.8 Å². The summed E-state index contributed by atoms with van der Waals surface area (Å²) in [6.07, 6.45) is 4.25. The zero-order valence-corrected chi connectivity index (χ0v) is 15.8. The van der Waals surface area contributed by atoms with Crippen LogP contribution in [0.3, 0.4) is 0 Å². The van der Waals surface area contributed by atoms with Gasteiger partial charge in [-0.15, -0.1) is 0 Å². The van der Waals surface area contributed by atoms with Crippen molar-refractivity contribution in [2.45, 2.75) is 52.1 Å². The Bertz CT molecular complexity index is 690. The van der Waals surface area contributed by atoms with E-state index >= 15 is 0 Å². The molecule has 0 spiro atoms. The molecule has 1 fully saturated rings. The van der Waals surface area contributed by atoms with E-state index in [1.54, 1.807) is 12.1 Å². The number of hydrogen-bond donors (Lipinski definition) is 0. The Morgan fingerprint density at radius 2 is 2.12 bits per heavy atom. The third-order valence-electron chi connectivity index (χ3n) is 5.28. The third-order valence-corrected chi connectivity index (χ3v) is 5.28. The Hall–Kier alpha value is -1.79. The fourth-order valence-electron chi connectivity index (χ4n) is 3.79. The lowest BCUT2D eigenvalue weighted by Crippen LogP contribution is -2.36. The van der Waals surface area contributed by atoms with Crippen molar-refractivity contribution < 1.29 is 8.91 Å². The standard InChI is InChI=1S/C20H29FN4O/c1-3-25(15-20-22-16(2)26-23-20)18-8-6-12-24(14-11-18)13-10-17-7-4-5-9-19(17)21/h4-5,7,9,18H,3,6,8,10-15H2,1-2H3.